The minimum Gasteiger partial charge on any atom is -0.368 e. The average molecular weight is 460 g/mol. The first-order valence-electron chi connectivity index (χ1n) is 8.86. The minimum absolute atomic E-state index is 0.143. The lowest BCUT2D eigenvalue weighted by atomic mass is 10.2. The van der Waals surface area contributed by atoms with Gasteiger partial charge in [0.2, 0.25) is 15.9 Å². The zero-order chi connectivity index (χ0) is 21.2. The normalized spacial score (nSPS) is 14.8. The van der Waals surface area contributed by atoms with Gasteiger partial charge in [-0.3, -0.25) is 9.10 Å². The maximum absolute atomic E-state index is 13.4. The molecule has 29 heavy (non-hydrogen) atoms. The maximum atomic E-state index is 13.4. The second kappa shape index (κ2) is 8.77. The smallest absolute Gasteiger partial charge is 0.243 e. The van der Waals surface area contributed by atoms with Crippen LogP contribution in [0.1, 0.15) is 0 Å². The fourth-order valence-electron chi connectivity index (χ4n) is 3.15. The summed E-state index contributed by atoms with van der Waals surface area (Å²) in [6.07, 6.45) is 0.995. The molecule has 1 amide bonds. The van der Waals surface area contributed by atoms with Crippen molar-refractivity contribution in [1.82, 2.24) is 4.90 Å². The molecule has 2 aromatic rings. The van der Waals surface area contributed by atoms with Crippen molar-refractivity contribution >= 4 is 50.5 Å². The van der Waals surface area contributed by atoms with E-state index < -0.39 is 15.8 Å². The number of halogens is 3. The van der Waals surface area contributed by atoms with Crippen molar-refractivity contribution in [2.45, 2.75) is 0 Å². The van der Waals surface area contributed by atoms with Crippen LogP contribution < -0.4 is 9.21 Å². The predicted octanol–water partition coefficient (Wildman–Crippen LogP) is 3.25. The Hall–Kier alpha value is -2.03. The molecule has 0 spiro atoms. The molecule has 1 saturated heterocycles. The Kier molecular flexibility index (Phi) is 6.55. The number of hydrogen-bond donors (Lipinski definition) is 0. The molecule has 0 atom stereocenters. The van der Waals surface area contributed by atoms with Gasteiger partial charge < -0.3 is 9.80 Å². The summed E-state index contributed by atoms with van der Waals surface area (Å²) < 4.78 is 38.8. The molecule has 0 aliphatic carbocycles. The van der Waals surface area contributed by atoms with Crippen LogP contribution in [0.5, 0.6) is 0 Å². The molecule has 0 N–H and O–H groups in total. The van der Waals surface area contributed by atoms with Gasteiger partial charge in [-0.1, -0.05) is 29.3 Å². The summed E-state index contributed by atoms with van der Waals surface area (Å²) in [6.45, 7) is 1.73. The van der Waals surface area contributed by atoms with E-state index in [-0.39, 0.29) is 23.2 Å². The van der Waals surface area contributed by atoms with Crippen LogP contribution in [0.3, 0.4) is 0 Å². The number of piperazine rings is 1. The highest BCUT2D eigenvalue weighted by Gasteiger charge is 2.27. The van der Waals surface area contributed by atoms with Crippen LogP contribution in [0.25, 0.3) is 0 Å². The van der Waals surface area contributed by atoms with E-state index in [1.165, 1.54) is 12.1 Å². The van der Waals surface area contributed by atoms with Gasteiger partial charge in [-0.15, -0.1) is 0 Å². The molecule has 0 bridgehead atoms. The third kappa shape index (κ3) is 5.32. The molecular weight excluding hydrogens is 440 g/mol. The van der Waals surface area contributed by atoms with Crippen molar-refractivity contribution < 1.29 is 17.6 Å². The molecule has 0 saturated carbocycles. The van der Waals surface area contributed by atoms with E-state index in [1.807, 2.05) is 18.2 Å². The first kappa shape index (κ1) is 21.7. The molecule has 3 rings (SSSR count). The summed E-state index contributed by atoms with van der Waals surface area (Å²) in [6, 6.07) is 11.0. The van der Waals surface area contributed by atoms with Crippen LogP contribution in [0.2, 0.25) is 10.0 Å². The molecule has 10 heteroatoms. The van der Waals surface area contributed by atoms with Crippen molar-refractivity contribution in [2.75, 3.05) is 48.2 Å². The molecule has 0 aromatic heterocycles. The zero-order valence-corrected chi connectivity index (χ0v) is 18.0. The molecular formula is C19H20Cl2FN3O3S. The lowest BCUT2D eigenvalue weighted by Gasteiger charge is -2.37. The quantitative estimate of drug-likeness (QED) is 0.688. The molecule has 156 valence electrons. The van der Waals surface area contributed by atoms with Crippen molar-refractivity contribution in [3.63, 3.8) is 0 Å². The predicted molar refractivity (Wildman–Crippen MR) is 114 cm³/mol. The number of hydrogen-bond acceptors (Lipinski definition) is 4. The molecule has 1 heterocycles. The summed E-state index contributed by atoms with van der Waals surface area (Å²) in [5.41, 5.74) is 1.12. The average Bonchev–Trinajstić information content (AvgIpc) is 2.67. The maximum Gasteiger partial charge on any atom is 0.243 e. The van der Waals surface area contributed by atoms with Gasteiger partial charge in [0.1, 0.15) is 12.4 Å². The largest absolute Gasteiger partial charge is 0.368 e. The van der Waals surface area contributed by atoms with Gasteiger partial charge in [-0.05, 0) is 36.4 Å². The third-order valence-corrected chi connectivity index (χ3v) is 6.34. The number of carbonyl (C=O) groups excluding carboxylic acids is 1. The van der Waals surface area contributed by atoms with Crippen LogP contribution in [0, 0.1) is 5.82 Å². The number of amides is 1. The Bertz CT molecular complexity index is 1010. The number of anilines is 2. The number of rotatable bonds is 5. The number of sulfonamides is 1. The summed E-state index contributed by atoms with van der Waals surface area (Å²) >= 11 is 11.8. The van der Waals surface area contributed by atoms with Gasteiger partial charge in [0.05, 0.1) is 17.0 Å². The first-order chi connectivity index (χ1) is 13.6. The molecule has 1 aliphatic heterocycles. The Morgan fingerprint density at radius 2 is 1.79 bits per heavy atom. The van der Waals surface area contributed by atoms with E-state index in [4.69, 9.17) is 23.2 Å². The van der Waals surface area contributed by atoms with Gasteiger partial charge in [-0.25, -0.2) is 12.8 Å². The summed E-state index contributed by atoms with van der Waals surface area (Å²) in [4.78, 5) is 16.5. The van der Waals surface area contributed by atoms with Crippen LogP contribution in [0.4, 0.5) is 15.8 Å². The minimum atomic E-state index is -3.76. The van der Waals surface area contributed by atoms with Gasteiger partial charge in [-0.2, -0.15) is 0 Å². The Morgan fingerprint density at radius 3 is 2.38 bits per heavy atom. The highest BCUT2D eigenvalue weighted by Crippen LogP contribution is 2.25. The first-order valence-corrected chi connectivity index (χ1v) is 11.5. The van der Waals surface area contributed by atoms with E-state index in [0.29, 0.717) is 31.2 Å². The van der Waals surface area contributed by atoms with Crippen LogP contribution >= 0.6 is 23.2 Å². The molecule has 1 fully saturated rings. The highest BCUT2D eigenvalue weighted by atomic mass is 35.5. The van der Waals surface area contributed by atoms with E-state index in [2.05, 4.69) is 4.90 Å². The standard InChI is InChI=1S/C19H20Cl2FN3O3S/c1-29(27,28)25(16-5-6-18(22)17(21)12-16)13-19(26)24-9-7-23(8-10-24)15-4-2-3-14(20)11-15/h2-6,11-12H,7-10,13H2,1H3. The molecule has 6 nitrogen and oxygen atoms in total. The number of nitrogens with zero attached hydrogens (tertiary/aromatic N) is 3. The number of benzene rings is 2. The number of carbonyl (C=O) groups is 1. The van der Waals surface area contributed by atoms with E-state index >= 15 is 0 Å². The lowest BCUT2D eigenvalue weighted by Crippen LogP contribution is -2.52. The van der Waals surface area contributed by atoms with E-state index in [1.54, 1.807) is 11.0 Å². The molecule has 0 radical (unpaired) electrons. The van der Waals surface area contributed by atoms with E-state index in [9.17, 15) is 17.6 Å². The molecule has 1 aliphatic rings. The molecule has 0 unspecified atom stereocenters. The Balaban J connectivity index is 1.68. The van der Waals surface area contributed by atoms with Gasteiger partial charge in [0, 0.05) is 36.9 Å². The summed E-state index contributed by atoms with van der Waals surface area (Å²) in [5, 5.41) is 0.432. The van der Waals surface area contributed by atoms with E-state index in [0.717, 1.165) is 22.3 Å². The summed E-state index contributed by atoms with van der Waals surface area (Å²) in [7, 11) is -3.76. The Morgan fingerprint density at radius 1 is 1.10 bits per heavy atom. The van der Waals surface area contributed by atoms with Crippen LogP contribution in [-0.4, -0.2) is 58.2 Å². The second-order valence-electron chi connectivity index (χ2n) is 6.72. The zero-order valence-electron chi connectivity index (χ0n) is 15.7. The summed E-state index contributed by atoms with van der Waals surface area (Å²) in [5.74, 6) is -0.992. The highest BCUT2D eigenvalue weighted by molar-refractivity contribution is 7.92. The van der Waals surface area contributed by atoms with Crippen molar-refractivity contribution in [2.24, 2.45) is 0 Å². The van der Waals surface area contributed by atoms with Crippen molar-refractivity contribution in [3.05, 3.63) is 58.3 Å². The van der Waals surface area contributed by atoms with Crippen LogP contribution in [-0.2, 0) is 14.8 Å². The van der Waals surface area contributed by atoms with Crippen molar-refractivity contribution in [1.29, 1.82) is 0 Å². The lowest BCUT2D eigenvalue weighted by molar-refractivity contribution is -0.129. The monoisotopic (exact) mass is 459 g/mol. The Labute approximate surface area is 179 Å². The second-order valence-corrected chi connectivity index (χ2v) is 9.47. The fraction of sp³-hybridized carbons (Fsp3) is 0.316. The SMILES string of the molecule is CS(=O)(=O)N(CC(=O)N1CCN(c2cccc(Cl)c2)CC1)c1ccc(F)c(Cl)c1. The molecule has 2 aromatic carbocycles. The van der Waals surface area contributed by atoms with Gasteiger partial charge in [0.15, 0.2) is 0 Å². The van der Waals surface area contributed by atoms with Gasteiger partial charge in [0.25, 0.3) is 0 Å². The topological polar surface area (TPSA) is 60.9 Å². The van der Waals surface area contributed by atoms with Crippen molar-refractivity contribution in [3.8, 4) is 0 Å². The van der Waals surface area contributed by atoms with Gasteiger partial charge >= 0.3 is 0 Å². The third-order valence-electron chi connectivity index (χ3n) is 4.68. The fourth-order valence-corrected chi connectivity index (χ4v) is 4.35. The van der Waals surface area contributed by atoms with Crippen LogP contribution in [0.15, 0.2) is 42.5 Å².